The number of aliphatic hydroxyl groups is 1. The topological polar surface area (TPSA) is 237 Å². The lowest BCUT2D eigenvalue weighted by molar-refractivity contribution is -0.161. The Hall–Kier alpha value is -2.46. The van der Waals surface area contributed by atoms with Crippen molar-refractivity contribution < 1.29 is 80.2 Å². The number of phosphoric acid groups is 2. The monoisotopic (exact) mass is 1240 g/mol. The van der Waals surface area contributed by atoms with Gasteiger partial charge in [0.15, 0.2) is 12.2 Å². The van der Waals surface area contributed by atoms with E-state index in [4.69, 9.17) is 37.0 Å². The molecule has 0 aromatic heterocycles. The van der Waals surface area contributed by atoms with Crippen LogP contribution in [0.25, 0.3) is 0 Å². The standard InChI is InChI=1S/C65H122O17P2/c1-5-9-13-17-21-24-26-28-30-32-34-36-40-44-48-52-65(70)82-61(56-76-63(68)50-46-42-39-35-33-31-29-27-25-22-18-14-10-6-2)58-80-84(73,74)78-54-59(66)53-77-83(71,72)79-57-60(55-75-62(67)49-45-41-37-20-16-12-8-4)81-64(69)51-47-43-38-23-19-15-11-7-3/h24,26,28,30,59-61,66H,5-23,25,27,29,31-58H2,1-4H3,(H,71,72)(H,73,74)/b26-24-,30-28-/t59-,60+,61+/m0/s1. The van der Waals surface area contributed by atoms with Gasteiger partial charge in [-0.2, -0.15) is 0 Å². The average molecular weight is 1240 g/mol. The quantitative estimate of drug-likeness (QED) is 0.0169. The van der Waals surface area contributed by atoms with Gasteiger partial charge in [0.1, 0.15) is 19.3 Å². The van der Waals surface area contributed by atoms with Gasteiger partial charge in [-0.15, -0.1) is 0 Å². The van der Waals surface area contributed by atoms with Crippen LogP contribution < -0.4 is 0 Å². The molecule has 0 rings (SSSR count). The lowest BCUT2D eigenvalue weighted by Crippen LogP contribution is -2.30. The molecule has 0 aliphatic heterocycles. The summed E-state index contributed by atoms with van der Waals surface area (Å²) >= 11 is 0. The Morgan fingerprint density at radius 2 is 0.571 bits per heavy atom. The number of phosphoric ester groups is 2. The minimum atomic E-state index is -4.95. The number of carbonyl (C=O) groups excluding carboxylic acids is 4. The summed E-state index contributed by atoms with van der Waals surface area (Å²) in [4.78, 5) is 72.0. The smallest absolute Gasteiger partial charge is 0.462 e. The molecule has 0 heterocycles. The van der Waals surface area contributed by atoms with Gasteiger partial charge in [0.05, 0.1) is 26.4 Å². The highest BCUT2D eigenvalue weighted by molar-refractivity contribution is 7.47. The van der Waals surface area contributed by atoms with Crippen molar-refractivity contribution in [1.82, 2.24) is 0 Å². The van der Waals surface area contributed by atoms with E-state index in [9.17, 15) is 43.2 Å². The van der Waals surface area contributed by atoms with Crippen molar-refractivity contribution in [1.29, 1.82) is 0 Å². The second-order valence-electron chi connectivity index (χ2n) is 22.8. The normalized spacial score (nSPS) is 14.3. The summed E-state index contributed by atoms with van der Waals surface area (Å²) in [6.07, 6.45) is 48.2. The van der Waals surface area contributed by atoms with Crippen LogP contribution in [0.2, 0.25) is 0 Å². The molecule has 0 aliphatic carbocycles. The second kappa shape index (κ2) is 59.5. The maximum Gasteiger partial charge on any atom is 0.472 e. The number of carbonyl (C=O) groups is 4. The van der Waals surface area contributed by atoms with Crippen molar-refractivity contribution in [2.75, 3.05) is 39.6 Å². The van der Waals surface area contributed by atoms with Crippen LogP contribution in [-0.4, -0.2) is 96.7 Å². The van der Waals surface area contributed by atoms with Crippen LogP contribution in [0.3, 0.4) is 0 Å². The zero-order valence-electron chi connectivity index (χ0n) is 53.3. The van der Waals surface area contributed by atoms with Crippen LogP contribution in [-0.2, 0) is 65.4 Å². The third-order valence-electron chi connectivity index (χ3n) is 14.5. The van der Waals surface area contributed by atoms with Crippen LogP contribution in [0.1, 0.15) is 310 Å². The van der Waals surface area contributed by atoms with Crippen molar-refractivity contribution in [2.45, 2.75) is 329 Å². The molecule has 0 aliphatic rings. The maximum atomic E-state index is 13.0. The van der Waals surface area contributed by atoms with Crippen LogP contribution in [0, 0.1) is 0 Å². The summed E-state index contributed by atoms with van der Waals surface area (Å²) in [5, 5.41) is 10.5. The molecule has 2 unspecified atom stereocenters. The van der Waals surface area contributed by atoms with E-state index >= 15 is 0 Å². The summed E-state index contributed by atoms with van der Waals surface area (Å²) in [7, 11) is -9.89. The minimum Gasteiger partial charge on any atom is -0.462 e. The van der Waals surface area contributed by atoms with E-state index in [2.05, 4.69) is 52.0 Å². The highest BCUT2D eigenvalue weighted by Gasteiger charge is 2.30. The van der Waals surface area contributed by atoms with Crippen LogP contribution >= 0.6 is 15.6 Å². The van der Waals surface area contributed by atoms with Gasteiger partial charge in [-0.25, -0.2) is 9.13 Å². The fraction of sp³-hybridized carbons (Fsp3) is 0.877. The van der Waals surface area contributed by atoms with E-state index in [-0.39, 0.29) is 25.7 Å². The Morgan fingerprint density at radius 1 is 0.333 bits per heavy atom. The third-order valence-corrected chi connectivity index (χ3v) is 16.4. The van der Waals surface area contributed by atoms with E-state index in [0.29, 0.717) is 25.7 Å². The molecule has 0 aromatic carbocycles. The van der Waals surface area contributed by atoms with E-state index in [1.54, 1.807) is 0 Å². The zero-order valence-corrected chi connectivity index (χ0v) is 55.1. The van der Waals surface area contributed by atoms with Gasteiger partial charge in [0.2, 0.25) is 0 Å². The number of allylic oxidation sites excluding steroid dienone is 4. The number of esters is 4. The molecule has 0 aromatic rings. The number of ether oxygens (including phenoxy) is 4. The summed E-state index contributed by atoms with van der Waals surface area (Å²) in [5.74, 6) is -2.17. The molecule has 0 radical (unpaired) electrons. The third kappa shape index (κ3) is 58.6. The number of aliphatic hydroxyl groups excluding tert-OH is 1. The molecule has 0 saturated carbocycles. The fourth-order valence-electron chi connectivity index (χ4n) is 9.27. The van der Waals surface area contributed by atoms with E-state index in [0.717, 1.165) is 122 Å². The maximum absolute atomic E-state index is 13.0. The molecular formula is C65H122O17P2. The van der Waals surface area contributed by atoms with Crippen LogP contribution in [0.5, 0.6) is 0 Å². The van der Waals surface area contributed by atoms with Crippen molar-refractivity contribution in [2.24, 2.45) is 0 Å². The van der Waals surface area contributed by atoms with Crippen LogP contribution in [0.15, 0.2) is 24.3 Å². The molecule has 19 heteroatoms. The molecule has 5 atom stereocenters. The predicted molar refractivity (Wildman–Crippen MR) is 335 cm³/mol. The first-order chi connectivity index (χ1) is 40.7. The Labute approximate surface area is 510 Å². The van der Waals surface area contributed by atoms with Crippen molar-refractivity contribution in [3.63, 3.8) is 0 Å². The highest BCUT2D eigenvalue weighted by atomic mass is 31.2. The van der Waals surface area contributed by atoms with E-state index in [1.807, 2.05) is 0 Å². The Bertz CT molecular complexity index is 1710. The van der Waals surface area contributed by atoms with Gasteiger partial charge in [0.25, 0.3) is 0 Å². The molecule has 0 fully saturated rings. The zero-order chi connectivity index (χ0) is 61.9. The van der Waals surface area contributed by atoms with Crippen molar-refractivity contribution >= 4 is 39.5 Å². The van der Waals surface area contributed by atoms with Gasteiger partial charge in [-0.05, 0) is 51.4 Å². The van der Waals surface area contributed by atoms with E-state index < -0.39 is 97.5 Å². The Kier molecular flexibility index (Phi) is 57.8. The molecule has 494 valence electrons. The van der Waals surface area contributed by atoms with Gasteiger partial charge in [0, 0.05) is 25.7 Å². The average Bonchev–Trinajstić information content (AvgIpc) is 3.57. The molecule has 0 spiro atoms. The molecule has 3 N–H and O–H groups in total. The first kappa shape index (κ1) is 81.5. The molecule has 17 nitrogen and oxygen atoms in total. The number of rotatable bonds is 64. The number of hydrogen-bond donors (Lipinski definition) is 3. The number of unbranched alkanes of at least 4 members (excludes halogenated alkanes) is 35. The summed E-state index contributed by atoms with van der Waals surface area (Å²) < 4.78 is 67.8. The molecule has 0 amide bonds. The Balaban J connectivity index is 5.23. The first-order valence-electron chi connectivity index (χ1n) is 33.6. The molecular weight excluding hydrogens is 1110 g/mol. The van der Waals surface area contributed by atoms with Gasteiger partial charge in [-0.1, -0.05) is 257 Å². The number of hydrogen-bond acceptors (Lipinski definition) is 15. The largest absolute Gasteiger partial charge is 0.472 e. The molecule has 84 heavy (non-hydrogen) atoms. The van der Waals surface area contributed by atoms with Crippen molar-refractivity contribution in [3.05, 3.63) is 24.3 Å². The summed E-state index contributed by atoms with van der Waals surface area (Å²) in [6, 6.07) is 0. The van der Waals surface area contributed by atoms with E-state index in [1.165, 1.54) is 109 Å². The second-order valence-corrected chi connectivity index (χ2v) is 25.7. The summed E-state index contributed by atoms with van der Waals surface area (Å²) in [6.45, 7) is 4.77. The van der Waals surface area contributed by atoms with Gasteiger partial charge >= 0.3 is 39.5 Å². The van der Waals surface area contributed by atoms with Gasteiger partial charge in [-0.3, -0.25) is 37.3 Å². The molecule has 0 saturated heterocycles. The highest BCUT2D eigenvalue weighted by Crippen LogP contribution is 2.45. The Morgan fingerprint density at radius 3 is 0.869 bits per heavy atom. The van der Waals surface area contributed by atoms with Gasteiger partial charge < -0.3 is 33.8 Å². The lowest BCUT2D eigenvalue weighted by atomic mass is 10.0. The minimum absolute atomic E-state index is 0.0856. The lowest BCUT2D eigenvalue weighted by Gasteiger charge is -2.21. The van der Waals surface area contributed by atoms with Crippen LogP contribution in [0.4, 0.5) is 0 Å². The first-order valence-corrected chi connectivity index (χ1v) is 36.6. The van der Waals surface area contributed by atoms with Crippen molar-refractivity contribution in [3.8, 4) is 0 Å². The molecule has 0 bridgehead atoms. The predicted octanol–water partition coefficient (Wildman–Crippen LogP) is 17.9. The summed E-state index contributed by atoms with van der Waals surface area (Å²) in [5.41, 5.74) is 0. The fourth-order valence-corrected chi connectivity index (χ4v) is 10.8. The SMILES string of the molecule is CCCCCC/C=C\C=C/CCCCCCCC(=O)O[C@H](COC(=O)CCCCCCCCCCCCCCCC)COP(=O)(O)OC[C@@H](O)COP(=O)(O)OC[C@@H](COC(=O)CCCCCCCCC)OC(=O)CCCCCCCCCC.